The predicted octanol–water partition coefficient (Wildman–Crippen LogP) is 2.36. The first kappa shape index (κ1) is 24.3. The van der Waals surface area contributed by atoms with Gasteiger partial charge in [-0.05, 0) is 50.1 Å². The van der Waals surface area contributed by atoms with Gasteiger partial charge in [0, 0.05) is 50.0 Å². The van der Waals surface area contributed by atoms with E-state index in [0.717, 1.165) is 30.9 Å². The number of aromatic amines is 1. The van der Waals surface area contributed by atoms with Gasteiger partial charge in [0.1, 0.15) is 24.2 Å². The number of H-pyrrole nitrogens is 1. The van der Waals surface area contributed by atoms with Crippen LogP contribution in [0.3, 0.4) is 0 Å². The van der Waals surface area contributed by atoms with Crippen LogP contribution in [0.5, 0.6) is 5.75 Å². The monoisotopic (exact) mass is 499 g/mol. The Hall–Kier alpha value is -4.39. The molecule has 2 saturated heterocycles. The van der Waals surface area contributed by atoms with Crippen LogP contribution in [0.2, 0.25) is 0 Å². The van der Waals surface area contributed by atoms with Crippen LogP contribution in [0.1, 0.15) is 34.3 Å². The van der Waals surface area contributed by atoms with Crippen molar-refractivity contribution in [3.63, 3.8) is 0 Å². The second kappa shape index (κ2) is 10.7. The highest BCUT2D eigenvalue weighted by atomic mass is 16.5. The van der Waals surface area contributed by atoms with E-state index in [1.54, 1.807) is 24.5 Å². The Labute approximate surface area is 215 Å². The standard InChI is InChI=1S/C27H29N7O3/c1-19-24(17-30-31-26(19)35)34-9-3-5-22(34)18-37-23-6-2-4-21(14-23)27(36)33-12-10-32(11-13-33)25-8-7-20(15-28)16-29-25/h2,4,6-8,14,16-17,22H,3,5,9-13,18H2,1H3,(H,31,35)/t22-/m1/s1. The fourth-order valence-corrected chi connectivity index (χ4v) is 4.94. The van der Waals surface area contributed by atoms with Crippen LogP contribution in [0, 0.1) is 18.3 Å². The third-order valence-electron chi connectivity index (χ3n) is 7.06. The van der Waals surface area contributed by atoms with Crippen molar-refractivity contribution in [3.8, 4) is 11.8 Å². The maximum atomic E-state index is 13.2. The summed E-state index contributed by atoms with van der Waals surface area (Å²) in [5.74, 6) is 1.44. The van der Waals surface area contributed by atoms with Gasteiger partial charge in [0.2, 0.25) is 0 Å². The van der Waals surface area contributed by atoms with E-state index in [-0.39, 0.29) is 17.5 Å². The molecule has 2 fully saturated rings. The van der Waals surface area contributed by atoms with Crippen molar-refractivity contribution in [2.24, 2.45) is 0 Å². The molecule has 190 valence electrons. The fraction of sp³-hybridized carbons (Fsp3) is 0.370. The summed E-state index contributed by atoms with van der Waals surface area (Å²) >= 11 is 0. The molecule has 0 unspecified atom stereocenters. The molecular weight excluding hydrogens is 470 g/mol. The molecule has 10 nitrogen and oxygen atoms in total. The minimum atomic E-state index is -0.177. The molecule has 4 heterocycles. The highest BCUT2D eigenvalue weighted by molar-refractivity contribution is 5.94. The summed E-state index contributed by atoms with van der Waals surface area (Å²) in [7, 11) is 0. The molecule has 1 amide bonds. The van der Waals surface area contributed by atoms with Crippen molar-refractivity contribution >= 4 is 17.4 Å². The first-order chi connectivity index (χ1) is 18.0. The second-order valence-electron chi connectivity index (χ2n) is 9.33. The van der Waals surface area contributed by atoms with Gasteiger partial charge < -0.3 is 19.4 Å². The summed E-state index contributed by atoms with van der Waals surface area (Å²) in [6.07, 6.45) is 5.25. The van der Waals surface area contributed by atoms with Gasteiger partial charge in [0.25, 0.3) is 11.5 Å². The van der Waals surface area contributed by atoms with Crippen molar-refractivity contribution in [3.05, 3.63) is 75.8 Å². The molecule has 2 aliphatic heterocycles. The van der Waals surface area contributed by atoms with Crippen molar-refractivity contribution in [1.82, 2.24) is 20.1 Å². The zero-order chi connectivity index (χ0) is 25.8. The number of benzene rings is 1. The Morgan fingerprint density at radius 1 is 1.16 bits per heavy atom. The van der Waals surface area contributed by atoms with Gasteiger partial charge in [-0.15, -0.1) is 0 Å². The molecule has 0 aliphatic carbocycles. The van der Waals surface area contributed by atoms with E-state index >= 15 is 0 Å². The van der Waals surface area contributed by atoms with Gasteiger partial charge in [-0.25, -0.2) is 10.1 Å². The Kier molecular flexibility index (Phi) is 7.03. The van der Waals surface area contributed by atoms with Crippen LogP contribution < -0.4 is 20.1 Å². The van der Waals surface area contributed by atoms with Gasteiger partial charge in [-0.2, -0.15) is 10.4 Å². The first-order valence-electron chi connectivity index (χ1n) is 12.5. The molecule has 10 heteroatoms. The number of nitrogens with one attached hydrogen (secondary N) is 1. The molecule has 0 spiro atoms. The van der Waals surface area contributed by atoms with Crippen molar-refractivity contribution in [2.45, 2.75) is 25.8 Å². The van der Waals surface area contributed by atoms with Crippen LogP contribution in [-0.2, 0) is 0 Å². The summed E-state index contributed by atoms with van der Waals surface area (Å²) in [5.41, 5.74) is 2.45. The number of carbonyl (C=O) groups excluding carboxylic acids is 1. The number of nitriles is 1. The molecule has 1 aromatic carbocycles. The minimum absolute atomic E-state index is 0.0226. The van der Waals surface area contributed by atoms with E-state index in [1.807, 2.05) is 36.1 Å². The molecule has 37 heavy (non-hydrogen) atoms. The number of hydrogen-bond acceptors (Lipinski definition) is 8. The van der Waals surface area contributed by atoms with Crippen LogP contribution in [0.15, 0.2) is 53.6 Å². The number of amides is 1. The van der Waals surface area contributed by atoms with E-state index in [9.17, 15) is 9.59 Å². The number of carbonyl (C=O) groups is 1. The van der Waals surface area contributed by atoms with Gasteiger partial charge >= 0.3 is 0 Å². The normalized spacial score (nSPS) is 17.5. The molecule has 0 bridgehead atoms. The SMILES string of the molecule is Cc1c(N2CCC[C@@H]2COc2cccc(C(=O)N3CCN(c4ccc(C#N)cn4)CC3)c2)cn[nH]c1=O. The molecule has 0 saturated carbocycles. The Bertz CT molecular complexity index is 1360. The lowest BCUT2D eigenvalue weighted by Crippen LogP contribution is -2.49. The lowest BCUT2D eigenvalue weighted by Gasteiger charge is -2.35. The molecule has 0 radical (unpaired) electrons. The Morgan fingerprint density at radius 3 is 2.76 bits per heavy atom. The second-order valence-corrected chi connectivity index (χ2v) is 9.33. The topological polar surface area (TPSA) is 118 Å². The molecule has 2 aliphatic rings. The average molecular weight is 500 g/mol. The van der Waals surface area contributed by atoms with Crippen molar-refractivity contribution < 1.29 is 9.53 Å². The van der Waals surface area contributed by atoms with Crippen LogP contribution in [0.4, 0.5) is 11.5 Å². The molecule has 2 aromatic heterocycles. The van der Waals surface area contributed by atoms with Crippen molar-refractivity contribution in [2.75, 3.05) is 49.1 Å². The summed E-state index contributed by atoms with van der Waals surface area (Å²) in [4.78, 5) is 35.7. The minimum Gasteiger partial charge on any atom is -0.491 e. The molecule has 1 N–H and O–H groups in total. The lowest BCUT2D eigenvalue weighted by molar-refractivity contribution is 0.0746. The van der Waals surface area contributed by atoms with Gasteiger partial charge in [0.05, 0.1) is 23.5 Å². The largest absolute Gasteiger partial charge is 0.491 e. The molecule has 1 atom stereocenters. The summed E-state index contributed by atoms with van der Waals surface area (Å²) in [6, 6.07) is 13.1. The van der Waals surface area contributed by atoms with Gasteiger partial charge in [-0.3, -0.25) is 9.59 Å². The number of rotatable bonds is 6. The molecule has 3 aromatic rings. The number of pyridine rings is 1. The third kappa shape index (κ3) is 5.26. The van der Waals surface area contributed by atoms with Crippen LogP contribution in [0.25, 0.3) is 0 Å². The Balaban J connectivity index is 1.18. The Morgan fingerprint density at radius 2 is 2.00 bits per heavy atom. The van der Waals surface area contributed by atoms with E-state index in [1.165, 1.54) is 0 Å². The van der Waals surface area contributed by atoms with E-state index in [4.69, 9.17) is 10.00 Å². The zero-order valence-corrected chi connectivity index (χ0v) is 20.8. The van der Waals surface area contributed by atoms with Crippen molar-refractivity contribution in [1.29, 1.82) is 5.26 Å². The van der Waals surface area contributed by atoms with E-state index < -0.39 is 0 Å². The fourth-order valence-electron chi connectivity index (χ4n) is 4.94. The number of aromatic nitrogens is 3. The first-order valence-corrected chi connectivity index (χ1v) is 12.5. The number of hydrogen-bond donors (Lipinski definition) is 1. The summed E-state index contributed by atoms with van der Waals surface area (Å²) in [5, 5.41) is 15.4. The smallest absolute Gasteiger partial charge is 0.269 e. The number of nitrogens with zero attached hydrogens (tertiary/aromatic N) is 6. The highest BCUT2D eigenvalue weighted by Crippen LogP contribution is 2.27. The van der Waals surface area contributed by atoms with Crippen LogP contribution >= 0.6 is 0 Å². The number of anilines is 2. The maximum absolute atomic E-state index is 13.2. The molecule has 5 rings (SSSR count). The number of ether oxygens (including phenoxy) is 1. The highest BCUT2D eigenvalue weighted by Gasteiger charge is 2.28. The summed E-state index contributed by atoms with van der Waals surface area (Å²) < 4.78 is 6.13. The average Bonchev–Trinajstić information content (AvgIpc) is 3.42. The molecular formula is C27H29N7O3. The van der Waals surface area contributed by atoms with E-state index in [0.29, 0.717) is 55.2 Å². The predicted molar refractivity (Wildman–Crippen MR) is 139 cm³/mol. The number of piperazine rings is 1. The quantitative estimate of drug-likeness (QED) is 0.549. The lowest BCUT2D eigenvalue weighted by atomic mass is 10.1. The van der Waals surface area contributed by atoms with Gasteiger partial charge in [-0.1, -0.05) is 6.07 Å². The zero-order valence-electron chi connectivity index (χ0n) is 20.8. The van der Waals surface area contributed by atoms with Gasteiger partial charge in [0.15, 0.2) is 0 Å². The van der Waals surface area contributed by atoms with Crippen LogP contribution in [-0.4, -0.2) is 71.4 Å². The third-order valence-corrected chi connectivity index (χ3v) is 7.06. The maximum Gasteiger partial charge on any atom is 0.269 e. The van der Waals surface area contributed by atoms with E-state index in [2.05, 4.69) is 31.1 Å². The summed E-state index contributed by atoms with van der Waals surface area (Å²) in [6.45, 7) is 5.65.